The van der Waals surface area contributed by atoms with Crippen molar-refractivity contribution in [2.24, 2.45) is 0 Å². The van der Waals surface area contributed by atoms with E-state index < -0.39 is 0 Å². The highest BCUT2D eigenvalue weighted by Gasteiger charge is 2.19. The molecule has 0 saturated carbocycles. The van der Waals surface area contributed by atoms with Gasteiger partial charge in [-0.05, 0) is 22.6 Å². The van der Waals surface area contributed by atoms with Gasteiger partial charge in [0.2, 0.25) is 0 Å². The first-order valence-corrected chi connectivity index (χ1v) is 9.77. The van der Waals surface area contributed by atoms with E-state index in [2.05, 4.69) is 65.5 Å². The third kappa shape index (κ3) is 3.65. The lowest BCUT2D eigenvalue weighted by atomic mass is 10.1. The molecule has 0 N–H and O–H groups in total. The lowest BCUT2D eigenvalue weighted by Gasteiger charge is -2.27. The Balaban J connectivity index is 1.45. The van der Waals surface area contributed by atoms with Crippen molar-refractivity contribution in [3.05, 3.63) is 69.9 Å². The summed E-state index contributed by atoms with van der Waals surface area (Å²) in [5.41, 5.74) is 5.15. The van der Waals surface area contributed by atoms with E-state index in [-0.39, 0.29) is 0 Å². The van der Waals surface area contributed by atoms with Crippen LogP contribution in [0.15, 0.2) is 48.0 Å². The molecule has 1 aromatic carbocycles. The molecule has 1 aliphatic heterocycles. The fourth-order valence-corrected chi connectivity index (χ4v) is 4.20. The Kier molecular flexibility index (Phi) is 4.64. The molecule has 0 aliphatic carbocycles. The van der Waals surface area contributed by atoms with Crippen molar-refractivity contribution in [2.45, 2.75) is 39.3 Å². The van der Waals surface area contributed by atoms with Crippen molar-refractivity contribution < 1.29 is 0 Å². The zero-order valence-corrected chi connectivity index (χ0v) is 15.6. The number of nitrogens with zero attached hydrogens (tertiary/aromatic N) is 3. The molecule has 0 amide bonds. The number of hydrogen-bond donors (Lipinski definition) is 0. The summed E-state index contributed by atoms with van der Waals surface area (Å²) in [6.07, 6.45) is 3.06. The Bertz CT molecular complexity index is 855. The standard InChI is InChI=1S/C21H23N3S/c1-15(2)21-22-11-18-12-24(9-8-20(18)23-21)13-19-10-17(14-25-19)16-6-4-3-5-7-16/h3-7,10-11,14-15H,8-9,12-13H2,1-2H3. The fourth-order valence-electron chi connectivity index (χ4n) is 3.27. The van der Waals surface area contributed by atoms with Crippen molar-refractivity contribution in [1.82, 2.24) is 14.9 Å². The molecule has 3 heterocycles. The van der Waals surface area contributed by atoms with Crippen LogP contribution in [0.3, 0.4) is 0 Å². The molecular formula is C21H23N3S. The number of fused-ring (bicyclic) bond motifs is 1. The predicted molar refractivity (Wildman–Crippen MR) is 104 cm³/mol. The van der Waals surface area contributed by atoms with E-state index in [9.17, 15) is 0 Å². The fraction of sp³-hybridized carbons (Fsp3) is 0.333. The maximum atomic E-state index is 4.76. The molecule has 128 valence electrons. The zero-order chi connectivity index (χ0) is 17.2. The minimum Gasteiger partial charge on any atom is -0.293 e. The van der Waals surface area contributed by atoms with Crippen LogP contribution in [0.5, 0.6) is 0 Å². The van der Waals surface area contributed by atoms with E-state index in [0.29, 0.717) is 5.92 Å². The summed E-state index contributed by atoms with van der Waals surface area (Å²) in [6, 6.07) is 12.9. The van der Waals surface area contributed by atoms with Crippen molar-refractivity contribution in [2.75, 3.05) is 6.54 Å². The number of benzene rings is 1. The lowest BCUT2D eigenvalue weighted by Crippen LogP contribution is -2.30. The van der Waals surface area contributed by atoms with E-state index in [1.54, 1.807) is 0 Å². The summed E-state index contributed by atoms with van der Waals surface area (Å²) in [7, 11) is 0. The molecule has 4 heteroatoms. The van der Waals surface area contributed by atoms with Crippen LogP contribution in [0.2, 0.25) is 0 Å². The maximum Gasteiger partial charge on any atom is 0.131 e. The smallest absolute Gasteiger partial charge is 0.131 e. The Hall–Kier alpha value is -2.04. The maximum absolute atomic E-state index is 4.76. The molecule has 3 nitrogen and oxygen atoms in total. The molecule has 0 bridgehead atoms. The first-order chi connectivity index (χ1) is 12.2. The molecule has 0 unspecified atom stereocenters. The normalized spacial score (nSPS) is 14.7. The highest BCUT2D eigenvalue weighted by molar-refractivity contribution is 7.10. The summed E-state index contributed by atoms with van der Waals surface area (Å²) in [4.78, 5) is 13.2. The van der Waals surface area contributed by atoms with Gasteiger partial charge in [0.1, 0.15) is 5.82 Å². The van der Waals surface area contributed by atoms with E-state index in [4.69, 9.17) is 4.98 Å². The van der Waals surface area contributed by atoms with Crippen LogP contribution in [-0.4, -0.2) is 21.4 Å². The van der Waals surface area contributed by atoms with Crippen LogP contribution >= 0.6 is 11.3 Å². The SMILES string of the molecule is CC(C)c1ncc2c(n1)CCN(Cc1cc(-c3ccccc3)cs1)C2. The molecule has 0 radical (unpaired) electrons. The highest BCUT2D eigenvalue weighted by Crippen LogP contribution is 2.28. The van der Waals surface area contributed by atoms with Crippen molar-refractivity contribution in [3.63, 3.8) is 0 Å². The van der Waals surface area contributed by atoms with Gasteiger partial charge in [-0.25, -0.2) is 9.97 Å². The second-order valence-corrected chi connectivity index (χ2v) is 7.98. The number of thiophene rings is 1. The van der Waals surface area contributed by atoms with Crippen LogP contribution in [0.1, 0.15) is 41.7 Å². The van der Waals surface area contributed by atoms with Gasteiger partial charge in [-0.3, -0.25) is 4.90 Å². The minimum atomic E-state index is 0.394. The van der Waals surface area contributed by atoms with Crippen LogP contribution in [-0.2, 0) is 19.5 Å². The Morgan fingerprint density at radius 1 is 1.16 bits per heavy atom. The summed E-state index contributed by atoms with van der Waals surface area (Å²) in [5.74, 6) is 1.36. The van der Waals surface area contributed by atoms with Gasteiger partial charge in [0, 0.05) is 54.3 Å². The number of rotatable bonds is 4. The minimum absolute atomic E-state index is 0.394. The highest BCUT2D eigenvalue weighted by atomic mass is 32.1. The van der Waals surface area contributed by atoms with Gasteiger partial charge in [0.25, 0.3) is 0 Å². The average Bonchev–Trinajstić information content (AvgIpc) is 3.10. The Morgan fingerprint density at radius 3 is 2.80 bits per heavy atom. The molecule has 25 heavy (non-hydrogen) atoms. The molecule has 2 aromatic heterocycles. The molecule has 0 saturated heterocycles. The monoisotopic (exact) mass is 349 g/mol. The molecule has 1 aliphatic rings. The van der Waals surface area contributed by atoms with E-state index >= 15 is 0 Å². The third-order valence-corrected chi connectivity index (χ3v) is 5.61. The van der Waals surface area contributed by atoms with Gasteiger partial charge in [-0.2, -0.15) is 0 Å². The third-order valence-electron chi connectivity index (χ3n) is 4.69. The van der Waals surface area contributed by atoms with Crippen molar-refractivity contribution >= 4 is 11.3 Å². The lowest BCUT2D eigenvalue weighted by molar-refractivity contribution is 0.244. The Labute approximate surface area is 153 Å². The number of aromatic nitrogens is 2. The average molecular weight is 350 g/mol. The summed E-state index contributed by atoms with van der Waals surface area (Å²) < 4.78 is 0. The molecule has 4 rings (SSSR count). The molecular weight excluding hydrogens is 326 g/mol. The van der Waals surface area contributed by atoms with Crippen LogP contribution in [0.4, 0.5) is 0 Å². The summed E-state index contributed by atoms with van der Waals surface area (Å²) in [6.45, 7) is 7.32. The number of hydrogen-bond acceptors (Lipinski definition) is 4. The van der Waals surface area contributed by atoms with E-state index in [1.807, 2.05) is 17.5 Å². The molecule has 0 atom stereocenters. The predicted octanol–water partition coefficient (Wildman–Crippen LogP) is 4.89. The Morgan fingerprint density at radius 2 is 2.00 bits per heavy atom. The van der Waals surface area contributed by atoms with Crippen LogP contribution < -0.4 is 0 Å². The summed E-state index contributed by atoms with van der Waals surface area (Å²) >= 11 is 1.85. The van der Waals surface area contributed by atoms with Crippen LogP contribution in [0.25, 0.3) is 11.1 Å². The molecule has 0 spiro atoms. The van der Waals surface area contributed by atoms with Gasteiger partial charge in [0.05, 0.1) is 0 Å². The molecule has 3 aromatic rings. The second-order valence-electron chi connectivity index (χ2n) is 6.98. The largest absolute Gasteiger partial charge is 0.293 e. The van der Waals surface area contributed by atoms with Crippen LogP contribution in [0, 0.1) is 0 Å². The van der Waals surface area contributed by atoms with Crippen molar-refractivity contribution in [3.8, 4) is 11.1 Å². The second kappa shape index (κ2) is 7.06. The van der Waals surface area contributed by atoms with Gasteiger partial charge < -0.3 is 0 Å². The quantitative estimate of drug-likeness (QED) is 0.672. The van der Waals surface area contributed by atoms with E-state index in [0.717, 1.165) is 31.9 Å². The first-order valence-electron chi connectivity index (χ1n) is 8.89. The topological polar surface area (TPSA) is 29.0 Å². The molecule has 0 fully saturated rings. The first kappa shape index (κ1) is 16.4. The van der Waals surface area contributed by atoms with E-state index in [1.165, 1.54) is 27.3 Å². The van der Waals surface area contributed by atoms with Gasteiger partial charge in [-0.1, -0.05) is 44.2 Å². The zero-order valence-electron chi connectivity index (χ0n) is 14.8. The summed E-state index contributed by atoms with van der Waals surface area (Å²) in [5, 5.41) is 2.26. The van der Waals surface area contributed by atoms with Crippen molar-refractivity contribution in [1.29, 1.82) is 0 Å². The van der Waals surface area contributed by atoms with Gasteiger partial charge >= 0.3 is 0 Å². The van der Waals surface area contributed by atoms with Gasteiger partial charge in [0.15, 0.2) is 0 Å². The van der Waals surface area contributed by atoms with Gasteiger partial charge in [-0.15, -0.1) is 11.3 Å².